The van der Waals surface area contributed by atoms with E-state index >= 15 is 0 Å². The van der Waals surface area contributed by atoms with Crippen molar-refractivity contribution in [3.05, 3.63) is 30.0 Å². The third-order valence-corrected chi connectivity index (χ3v) is 4.38. The predicted octanol–water partition coefficient (Wildman–Crippen LogP) is 1.41. The van der Waals surface area contributed by atoms with Crippen LogP contribution in [0.1, 0.15) is 13.8 Å². The van der Waals surface area contributed by atoms with Gasteiger partial charge in [-0.25, -0.2) is 0 Å². The van der Waals surface area contributed by atoms with E-state index in [-0.39, 0.29) is 11.5 Å². The van der Waals surface area contributed by atoms with Crippen molar-refractivity contribution in [3.63, 3.8) is 0 Å². The molecule has 3 N–H and O–H groups in total. The average Bonchev–Trinajstić information content (AvgIpc) is 2.71. The van der Waals surface area contributed by atoms with Gasteiger partial charge in [0.1, 0.15) is 11.6 Å². The summed E-state index contributed by atoms with van der Waals surface area (Å²) in [5.41, 5.74) is 6.35. The quantitative estimate of drug-likeness (QED) is 0.488. The third-order valence-electron chi connectivity index (χ3n) is 4.38. The van der Waals surface area contributed by atoms with E-state index < -0.39 is 0 Å². The summed E-state index contributed by atoms with van der Waals surface area (Å²) in [5, 5.41) is 12.4. The molecular weight excluding hydrogens is 358 g/mol. The lowest BCUT2D eigenvalue weighted by molar-refractivity contribution is -0.128. The van der Waals surface area contributed by atoms with Gasteiger partial charge in [-0.1, -0.05) is 0 Å². The molecule has 0 bridgehead atoms. The second-order valence-corrected chi connectivity index (χ2v) is 6.26. The average molecular weight is 387 g/mol. The smallest absolute Gasteiger partial charge is 0.266 e. The fourth-order valence-corrected chi connectivity index (χ4v) is 2.97. The Kier molecular flexibility index (Phi) is 8.59. The van der Waals surface area contributed by atoms with Crippen LogP contribution in [0.5, 0.6) is 11.5 Å². The Morgan fingerprint density at radius 2 is 1.89 bits per heavy atom. The molecule has 1 aromatic rings. The lowest BCUT2D eigenvalue weighted by Crippen LogP contribution is -2.50. The van der Waals surface area contributed by atoms with E-state index in [0.29, 0.717) is 50.0 Å². The number of ether oxygens (including phenoxy) is 2. The summed E-state index contributed by atoms with van der Waals surface area (Å²) in [7, 11) is 0. The molecule has 0 aliphatic carbocycles. The van der Waals surface area contributed by atoms with Gasteiger partial charge in [0.2, 0.25) is 0 Å². The minimum atomic E-state index is -0.265. The number of benzene rings is 1. The first-order chi connectivity index (χ1) is 13.6. The molecule has 0 unspecified atom stereocenters. The molecule has 1 aliphatic heterocycles. The number of hydrogen-bond acceptors (Lipinski definition) is 7. The van der Waals surface area contributed by atoms with E-state index in [9.17, 15) is 10.1 Å². The molecule has 8 heteroatoms. The number of hydrogen-bond donors (Lipinski definition) is 2. The molecule has 1 saturated heterocycles. The number of rotatable bonds is 9. The van der Waals surface area contributed by atoms with E-state index in [0.717, 1.165) is 19.6 Å². The number of nitriles is 1. The Bertz CT molecular complexity index is 721. The molecule has 0 radical (unpaired) electrons. The summed E-state index contributed by atoms with van der Waals surface area (Å²) in [5.74, 6) is 1.01. The van der Waals surface area contributed by atoms with E-state index in [4.69, 9.17) is 15.2 Å². The van der Waals surface area contributed by atoms with Crippen molar-refractivity contribution in [1.29, 1.82) is 5.26 Å². The zero-order chi connectivity index (χ0) is 20.4. The lowest BCUT2D eigenvalue weighted by Gasteiger charge is -2.34. The van der Waals surface area contributed by atoms with Crippen LogP contribution in [0.15, 0.2) is 30.0 Å². The van der Waals surface area contributed by atoms with Crippen LogP contribution in [-0.2, 0) is 4.79 Å². The maximum absolute atomic E-state index is 12.6. The number of anilines is 1. The van der Waals surface area contributed by atoms with Gasteiger partial charge in [0, 0.05) is 57.2 Å². The second-order valence-electron chi connectivity index (χ2n) is 6.26. The molecule has 152 valence electrons. The largest absolute Gasteiger partial charge is 0.490 e. The summed E-state index contributed by atoms with van der Waals surface area (Å²) < 4.78 is 11.1. The number of nitrogens with two attached hydrogens (primary N) is 1. The number of piperazine rings is 1. The molecule has 0 aromatic heterocycles. The number of carbonyl (C=O) groups is 1. The number of amides is 1. The van der Waals surface area contributed by atoms with Crippen LogP contribution in [0.2, 0.25) is 0 Å². The van der Waals surface area contributed by atoms with Crippen LogP contribution in [-0.4, -0.2) is 68.2 Å². The molecule has 2 rings (SSSR count). The maximum Gasteiger partial charge on any atom is 0.266 e. The summed E-state index contributed by atoms with van der Waals surface area (Å²) >= 11 is 0. The Morgan fingerprint density at radius 3 is 2.50 bits per heavy atom. The molecule has 1 fully saturated rings. The molecule has 28 heavy (non-hydrogen) atoms. The summed E-state index contributed by atoms with van der Waals surface area (Å²) in [6, 6.07) is 7.40. The maximum atomic E-state index is 12.6. The zero-order valence-corrected chi connectivity index (χ0v) is 16.6. The minimum Gasteiger partial charge on any atom is -0.490 e. The second kappa shape index (κ2) is 11.2. The van der Waals surface area contributed by atoms with Crippen molar-refractivity contribution in [1.82, 2.24) is 9.80 Å². The molecule has 1 amide bonds. The predicted molar refractivity (Wildman–Crippen MR) is 108 cm³/mol. The fourth-order valence-electron chi connectivity index (χ4n) is 2.97. The Hall–Kier alpha value is -2.76. The van der Waals surface area contributed by atoms with Gasteiger partial charge in [-0.05, 0) is 26.0 Å². The van der Waals surface area contributed by atoms with Crippen molar-refractivity contribution in [2.75, 3.05) is 57.8 Å². The van der Waals surface area contributed by atoms with Crippen molar-refractivity contribution in [2.45, 2.75) is 13.8 Å². The SMILES string of the molecule is CCOc1ccc(N/C=C(/C#N)C(=O)N2CCN(CCN)CC2)cc1OCC. The van der Waals surface area contributed by atoms with Crippen LogP contribution < -0.4 is 20.5 Å². The molecule has 0 atom stereocenters. The molecule has 0 saturated carbocycles. The Morgan fingerprint density at radius 1 is 1.21 bits per heavy atom. The number of carbonyl (C=O) groups excluding carboxylic acids is 1. The first kappa shape index (κ1) is 21.5. The van der Waals surface area contributed by atoms with Crippen LogP contribution in [0, 0.1) is 11.3 Å². The highest BCUT2D eigenvalue weighted by molar-refractivity contribution is 5.97. The van der Waals surface area contributed by atoms with E-state index in [2.05, 4.69) is 10.2 Å². The molecular formula is C20H29N5O3. The first-order valence-electron chi connectivity index (χ1n) is 9.61. The van der Waals surface area contributed by atoms with E-state index in [1.165, 1.54) is 6.20 Å². The highest BCUT2D eigenvalue weighted by atomic mass is 16.5. The molecule has 0 spiro atoms. The van der Waals surface area contributed by atoms with Gasteiger partial charge in [0.05, 0.1) is 13.2 Å². The van der Waals surface area contributed by atoms with Crippen LogP contribution in [0.4, 0.5) is 5.69 Å². The lowest BCUT2D eigenvalue weighted by atomic mass is 10.2. The van der Waals surface area contributed by atoms with Gasteiger partial charge >= 0.3 is 0 Å². The molecule has 8 nitrogen and oxygen atoms in total. The Labute approximate surface area is 166 Å². The van der Waals surface area contributed by atoms with E-state index in [1.807, 2.05) is 26.0 Å². The van der Waals surface area contributed by atoms with Crippen molar-refractivity contribution < 1.29 is 14.3 Å². The third kappa shape index (κ3) is 5.87. The topological polar surface area (TPSA) is 104 Å². The molecule has 1 aromatic carbocycles. The highest BCUT2D eigenvalue weighted by Gasteiger charge is 2.23. The van der Waals surface area contributed by atoms with Crippen LogP contribution in [0.25, 0.3) is 0 Å². The highest BCUT2D eigenvalue weighted by Crippen LogP contribution is 2.30. The van der Waals surface area contributed by atoms with Gasteiger partial charge in [-0.15, -0.1) is 0 Å². The van der Waals surface area contributed by atoms with Crippen molar-refractivity contribution >= 4 is 11.6 Å². The summed E-state index contributed by atoms with van der Waals surface area (Å²) in [6.07, 6.45) is 1.44. The molecule has 1 aliphatic rings. The normalized spacial score (nSPS) is 15.1. The van der Waals surface area contributed by atoms with Crippen LogP contribution in [0.3, 0.4) is 0 Å². The monoisotopic (exact) mass is 387 g/mol. The Balaban J connectivity index is 2.03. The fraction of sp³-hybridized carbons (Fsp3) is 0.500. The van der Waals surface area contributed by atoms with Crippen LogP contribution >= 0.6 is 0 Å². The number of nitrogens with zero attached hydrogens (tertiary/aromatic N) is 3. The van der Waals surface area contributed by atoms with Gasteiger partial charge < -0.3 is 25.4 Å². The van der Waals surface area contributed by atoms with Gasteiger partial charge in [-0.3, -0.25) is 9.69 Å². The van der Waals surface area contributed by atoms with Gasteiger partial charge in [-0.2, -0.15) is 5.26 Å². The first-order valence-corrected chi connectivity index (χ1v) is 9.61. The standard InChI is InChI=1S/C20H29N5O3/c1-3-27-18-6-5-17(13-19(18)28-4-2)23-15-16(14-22)20(26)25-11-9-24(8-7-21)10-12-25/h5-6,13,15,23H,3-4,7-12,21H2,1-2H3/b16-15-. The summed E-state index contributed by atoms with van der Waals surface area (Å²) in [4.78, 5) is 16.5. The van der Waals surface area contributed by atoms with E-state index in [1.54, 1.807) is 17.0 Å². The van der Waals surface area contributed by atoms with Gasteiger partial charge in [0.25, 0.3) is 5.91 Å². The summed E-state index contributed by atoms with van der Waals surface area (Å²) in [6.45, 7) is 9.01. The van der Waals surface area contributed by atoms with Crippen molar-refractivity contribution in [3.8, 4) is 17.6 Å². The molecule has 1 heterocycles. The van der Waals surface area contributed by atoms with Gasteiger partial charge in [0.15, 0.2) is 11.5 Å². The van der Waals surface area contributed by atoms with Crippen molar-refractivity contribution in [2.24, 2.45) is 5.73 Å². The zero-order valence-electron chi connectivity index (χ0n) is 16.6. The minimum absolute atomic E-state index is 0.0686. The number of nitrogens with one attached hydrogen (secondary N) is 1.